The predicted octanol–water partition coefficient (Wildman–Crippen LogP) is 3.18. The molecular weight excluding hydrogens is 228 g/mol. The molecule has 90 valence electrons. The summed E-state index contributed by atoms with van der Waals surface area (Å²) >= 11 is 1.89. The van der Waals surface area contributed by atoms with Gasteiger partial charge < -0.3 is 11.1 Å². The van der Waals surface area contributed by atoms with Crippen LogP contribution in [-0.4, -0.2) is 0 Å². The number of anilines is 1. The van der Waals surface area contributed by atoms with Crippen LogP contribution in [0.3, 0.4) is 0 Å². The van der Waals surface area contributed by atoms with E-state index in [-0.39, 0.29) is 0 Å². The monoisotopic (exact) mass is 246 g/mol. The number of hydrogen-bond donors (Lipinski definition) is 2. The number of aryl methyl sites for hydroxylation is 1. The summed E-state index contributed by atoms with van der Waals surface area (Å²) in [6.07, 6.45) is 1.13. The van der Waals surface area contributed by atoms with Gasteiger partial charge in [0, 0.05) is 28.5 Å². The van der Waals surface area contributed by atoms with Crippen LogP contribution in [0, 0.1) is 0 Å². The molecule has 2 nitrogen and oxygen atoms in total. The first-order valence-electron chi connectivity index (χ1n) is 5.90. The van der Waals surface area contributed by atoms with Gasteiger partial charge in [0.2, 0.25) is 0 Å². The zero-order valence-electron chi connectivity index (χ0n) is 10.1. The number of benzene rings is 1. The van der Waals surface area contributed by atoms with Gasteiger partial charge in [0.1, 0.15) is 0 Å². The fourth-order valence-corrected chi connectivity index (χ4v) is 2.60. The van der Waals surface area contributed by atoms with Crippen molar-refractivity contribution in [3.05, 3.63) is 51.7 Å². The standard InChI is InChI=1S/C14H18N2S/c1-2-13-7-8-14(17-13)10-16-9-11-3-5-12(15)6-4-11/h3-8,16H,2,9-10,15H2,1H3. The number of nitrogens with one attached hydrogen (secondary N) is 1. The molecule has 0 aliphatic carbocycles. The van der Waals surface area contributed by atoms with E-state index in [1.165, 1.54) is 15.3 Å². The van der Waals surface area contributed by atoms with Crippen molar-refractivity contribution in [1.29, 1.82) is 0 Å². The molecule has 0 amide bonds. The molecule has 0 radical (unpaired) electrons. The Hall–Kier alpha value is -1.32. The maximum atomic E-state index is 5.65. The highest BCUT2D eigenvalue weighted by molar-refractivity contribution is 7.11. The highest BCUT2D eigenvalue weighted by Gasteiger charge is 1.98. The molecular formula is C14H18N2S. The summed E-state index contributed by atoms with van der Waals surface area (Å²) in [5, 5.41) is 3.44. The molecule has 0 saturated carbocycles. The van der Waals surface area contributed by atoms with Gasteiger partial charge in [-0.2, -0.15) is 0 Å². The van der Waals surface area contributed by atoms with E-state index in [0.29, 0.717) is 0 Å². The quantitative estimate of drug-likeness (QED) is 0.795. The average Bonchev–Trinajstić information content (AvgIpc) is 2.80. The first-order valence-corrected chi connectivity index (χ1v) is 6.72. The third-order valence-electron chi connectivity index (χ3n) is 2.67. The van der Waals surface area contributed by atoms with Crippen molar-refractivity contribution in [3.63, 3.8) is 0 Å². The van der Waals surface area contributed by atoms with E-state index in [9.17, 15) is 0 Å². The van der Waals surface area contributed by atoms with Crippen molar-refractivity contribution in [2.75, 3.05) is 5.73 Å². The number of nitrogen functional groups attached to an aromatic ring is 1. The summed E-state index contributed by atoms with van der Waals surface area (Å²) < 4.78 is 0. The third-order valence-corrected chi connectivity index (χ3v) is 3.90. The molecule has 17 heavy (non-hydrogen) atoms. The van der Waals surface area contributed by atoms with Crippen LogP contribution >= 0.6 is 11.3 Å². The summed E-state index contributed by atoms with van der Waals surface area (Å²) in [4.78, 5) is 2.85. The molecule has 0 aliphatic heterocycles. The van der Waals surface area contributed by atoms with E-state index in [2.05, 4.69) is 36.5 Å². The summed E-state index contributed by atoms with van der Waals surface area (Å²) in [7, 11) is 0. The topological polar surface area (TPSA) is 38.0 Å². The average molecular weight is 246 g/mol. The van der Waals surface area contributed by atoms with Gasteiger partial charge in [0.15, 0.2) is 0 Å². The van der Waals surface area contributed by atoms with Crippen molar-refractivity contribution in [2.24, 2.45) is 0 Å². The fourth-order valence-electron chi connectivity index (χ4n) is 1.67. The van der Waals surface area contributed by atoms with Crippen LogP contribution in [0.4, 0.5) is 5.69 Å². The van der Waals surface area contributed by atoms with Crippen LogP contribution in [0.2, 0.25) is 0 Å². The first-order chi connectivity index (χ1) is 8.28. The highest BCUT2D eigenvalue weighted by atomic mass is 32.1. The first kappa shape index (κ1) is 12.1. The van der Waals surface area contributed by atoms with Crippen LogP contribution in [0.15, 0.2) is 36.4 Å². The lowest BCUT2D eigenvalue weighted by molar-refractivity contribution is 0.701. The number of hydrogen-bond acceptors (Lipinski definition) is 3. The number of thiophene rings is 1. The minimum absolute atomic E-state index is 0.819. The molecule has 1 aromatic carbocycles. The summed E-state index contributed by atoms with van der Waals surface area (Å²) in [5.41, 5.74) is 7.73. The van der Waals surface area contributed by atoms with Gasteiger partial charge in [-0.1, -0.05) is 19.1 Å². The maximum absolute atomic E-state index is 5.65. The fraction of sp³-hybridized carbons (Fsp3) is 0.286. The van der Waals surface area contributed by atoms with E-state index in [4.69, 9.17) is 5.73 Å². The third kappa shape index (κ3) is 3.58. The maximum Gasteiger partial charge on any atom is 0.0314 e. The Morgan fingerprint density at radius 1 is 1.00 bits per heavy atom. The van der Waals surface area contributed by atoms with Gasteiger partial charge in [-0.25, -0.2) is 0 Å². The molecule has 3 N–H and O–H groups in total. The van der Waals surface area contributed by atoms with Gasteiger partial charge in [-0.15, -0.1) is 11.3 Å². The van der Waals surface area contributed by atoms with Gasteiger partial charge in [0.05, 0.1) is 0 Å². The van der Waals surface area contributed by atoms with Crippen molar-refractivity contribution in [3.8, 4) is 0 Å². The minimum Gasteiger partial charge on any atom is -0.399 e. The van der Waals surface area contributed by atoms with Crippen molar-refractivity contribution >= 4 is 17.0 Å². The smallest absolute Gasteiger partial charge is 0.0314 e. The molecule has 3 heteroatoms. The van der Waals surface area contributed by atoms with Crippen LogP contribution in [0.1, 0.15) is 22.2 Å². The summed E-state index contributed by atoms with van der Waals surface area (Å²) in [5.74, 6) is 0. The molecule has 2 rings (SSSR count). The highest BCUT2D eigenvalue weighted by Crippen LogP contribution is 2.16. The molecule has 0 unspecified atom stereocenters. The lowest BCUT2D eigenvalue weighted by atomic mass is 10.2. The molecule has 2 aromatic rings. The van der Waals surface area contributed by atoms with Crippen molar-refractivity contribution in [2.45, 2.75) is 26.4 Å². The van der Waals surface area contributed by atoms with Gasteiger partial charge in [-0.05, 0) is 36.2 Å². The van der Waals surface area contributed by atoms with Crippen LogP contribution < -0.4 is 11.1 Å². The minimum atomic E-state index is 0.819. The lowest BCUT2D eigenvalue weighted by Gasteiger charge is -2.03. The second kappa shape index (κ2) is 5.84. The van der Waals surface area contributed by atoms with E-state index in [0.717, 1.165) is 25.2 Å². The predicted molar refractivity (Wildman–Crippen MR) is 75.1 cm³/mol. The molecule has 0 fully saturated rings. The zero-order valence-corrected chi connectivity index (χ0v) is 10.9. The zero-order chi connectivity index (χ0) is 12.1. The summed E-state index contributed by atoms with van der Waals surface area (Å²) in [6, 6.07) is 12.4. The Balaban J connectivity index is 1.81. The molecule has 1 heterocycles. The van der Waals surface area contributed by atoms with Gasteiger partial charge >= 0.3 is 0 Å². The number of rotatable bonds is 5. The molecule has 0 saturated heterocycles. The Labute approximate surface area is 106 Å². The molecule has 0 spiro atoms. The normalized spacial score (nSPS) is 10.6. The van der Waals surface area contributed by atoms with Crippen molar-refractivity contribution < 1.29 is 0 Å². The van der Waals surface area contributed by atoms with Crippen molar-refractivity contribution in [1.82, 2.24) is 5.32 Å². The van der Waals surface area contributed by atoms with E-state index in [1.807, 2.05) is 23.5 Å². The van der Waals surface area contributed by atoms with Crippen LogP contribution in [0.25, 0.3) is 0 Å². The Morgan fingerprint density at radius 3 is 2.35 bits per heavy atom. The molecule has 1 aromatic heterocycles. The lowest BCUT2D eigenvalue weighted by Crippen LogP contribution is -2.11. The van der Waals surface area contributed by atoms with E-state index >= 15 is 0 Å². The van der Waals surface area contributed by atoms with Gasteiger partial charge in [0.25, 0.3) is 0 Å². The SMILES string of the molecule is CCc1ccc(CNCc2ccc(N)cc2)s1. The molecule has 0 bridgehead atoms. The van der Waals surface area contributed by atoms with E-state index < -0.39 is 0 Å². The number of nitrogens with two attached hydrogens (primary N) is 1. The summed E-state index contributed by atoms with van der Waals surface area (Å²) in [6.45, 7) is 4.02. The second-order valence-corrected chi connectivity index (χ2v) is 5.32. The second-order valence-electron chi connectivity index (χ2n) is 4.07. The van der Waals surface area contributed by atoms with Crippen LogP contribution in [-0.2, 0) is 19.5 Å². The molecule has 0 aliphatic rings. The Morgan fingerprint density at radius 2 is 1.71 bits per heavy atom. The van der Waals surface area contributed by atoms with E-state index in [1.54, 1.807) is 0 Å². The molecule has 0 atom stereocenters. The Kier molecular flexibility index (Phi) is 4.18. The Bertz CT molecular complexity index is 459. The van der Waals surface area contributed by atoms with Gasteiger partial charge in [-0.3, -0.25) is 0 Å². The largest absolute Gasteiger partial charge is 0.399 e. The van der Waals surface area contributed by atoms with Crippen LogP contribution in [0.5, 0.6) is 0 Å².